The van der Waals surface area contributed by atoms with Crippen LogP contribution in [-0.2, 0) is 53.1 Å². The third kappa shape index (κ3) is 34.7. The Morgan fingerprint density at radius 2 is 1.20 bits per heavy atom. The molecule has 2 N–H and O–H groups in total. The third-order valence-electron chi connectivity index (χ3n) is 0. The van der Waals surface area contributed by atoms with Gasteiger partial charge >= 0.3 is 19.5 Å². The van der Waals surface area contributed by atoms with Crippen molar-refractivity contribution in [1.82, 2.24) is 0 Å². The Morgan fingerprint density at radius 3 is 1.20 bits per heavy atom. The van der Waals surface area contributed by atoms with E-state index in [2.05, 4.69) is 15.7 Å². The van der Waals surface area contributed by atoms with E-state index >= 15 is 0 Å². The molecule has 0 aromatic heterocycles. The fourth-order valence-corrected chi connectivity index (χ4v) is 0. The summed E-state index contributed by atoms with van der Waals surface area (Å²) in [7, 11) is 0. The fraction of sp³-hybridized carbons (Fsp3) is 0. The molecule has 0 aromatic rings. The van der Waals surface area contributed by atoms with Crippen LogP contribution in [0.3, 0.4) is 0 Å². The van der Waals surface area contributed by atoms with Crippen molar-refractivity contribution in [2.75, 3.05) is 0 Å². The summed E-state index contributed by atoms with van der Waals surface area (Å²) in [6, 6.07) is 0. The Kier molecular flexibility index (Phi) is 398. The van der Waals surface area contributed by atoms with Crippen LogP contribution >= 0.6 is 0 Å². The van der Waals surface area contributed by atoms with Crippen molar-refractivity contribution in [3.63, 3.8) is 0 Å². The minimum atomic E-state index is 0. The molecule has 2 nitrogen and oxygen atoms in total. The molecule has 0 atom stereocenters. The zero-order chi connectivity index (χ0) is 2.00. The van der Waals surface area contributed by atoms with Crippen LogP contribution in [0.4, 0.5) is 0 Å². The van der Waals surface area contributed by atoms with E-state index in [1.54, 1.807) is 0 Å². The van der Waals surface area contributed by atoms with E-state index in [1.165, 1.54) is 0 Å². The standard InChI is InChI=1S/Co.Fe.Ni.H2O.O/h;;;1H2;. The molecule has 0 heterocycles. The van der Waals surface area contributed by atoms with Crippen LogP contribution in [0.2, 0.25) is 0 Å². The van der Waals surface area contributed by atoms with E-state index < -0.39 is 0 Å². The first kappa shape index (κ1) is 33.7. The van der Waals surface area contributed by atoms with E-state index in [4.69, 9.17) is 3.87 Å². The summed E-state index contributed by atoms with van der Waals surface area (Å²) in [5.41, 5.74) is 0. The number of hydrogen-bond donors (Lipinski definition) is 0. The summed E-state index contributed by atoms with van der Waals surface area (Å²) in [5.74, 6) is 0. The van der Waals surface area contributed by atoms with E-state index in [0.717, 1.165) is 0 Å². The van der Waals surface area contributed by atoms with Crippen LogP contribution < -0.4 is 0 Å². The molecule has 0 aromatic carbocycles. The molecule has 41 valence electrons. The van der Waals surface area contributed by atoms with Gasteiger partial charge < -0.3 is 5.48 Å². The maximum atomic E-state index is 7.94. The molecule has 0 bridgehead atoms. The van der Waals surface area contributed by atoms with Gasteiger partial charge in [0.1, 0.15) is 0 Å². The van der Waals surface area contributed by atoms with Crippen LogP contribution in [0.25, 0.3) is 0 Å². The zero-order valence-electron chi connectivity index (χ0n) is 1.91. The van der Waals surface area contributed by atoms with Crippen molar-refractivity contribution >= 4 is 0 Å². The van der Waals surface area contributed by atoms with Crippen molar-refractivity contribution in [3.8, 4) is 0 Å². The maximum absolute atomic E-state index is 7.94. The van der Waals surface area contributed by atoms with Gasteiger partial charge in [0.2, 0.25) is 0 Å². The van der Waals surface area contributed by atoms with E-state index in [9.17, 15) is 0 Å². The number of rotatable bonds is 0. The summed E-state index contributed by atoms with van der Waals surface area (Å²) in [4.78, 5) is 0. The quantitative estimate of drug-likeness (QED) is 0.473. The molecular weight excluding hydrogens is 205 g/mol. The SMILES string of the molecule is O.[Fe].[Ni].[O]=[Co]. The van der Waals surface area contributed by atoms with Crippen molar-refractivity contribution < 1.29 is 58.6 Å². The predicted molar refractivity (Wildman–Crippen MR) is 4.30 cm³/mol. The first-order valence-corrected chi connectivity index (χ1v) is 0.561. The van der Waals surface area contributed by atoms with Gasteiger partial charge in [-0.05, 0) is 0 Å². The monoisotopic (exact) mass is 207 g/mol. The Hall–Kier alpha value is 1.28. The second kappa shape index (κ2) is 59.1. The molecule has 0 unspecified atom stereocenters. The molecular formula is H2CoFeNiO2. The average molecular weight is 207 g/mol. The van der Waals surface area contributed by atoms with Crippen molar-refractivity contribution in [3.05, 3.63) is 0 Å². The molecule has 0 aliphatic carbocycles. The van der Waals surface area contributed by atoms with Gasteiger partial charge in [-0.15, -0.1) is 0 Å². The third-order valence-corrected chi connectivity index (χ3v) is 0. The van der Waals surface area contributed by atoms with E-state index in [-0.39, 0.29) is 39.0 Å². The van der Waals surface area contributed by atoms with Crippen LogP contribution in [0.5, 0.6) is 0 Å². The van der Waals surface area contributed by atoms with Gasteiger partial charge in [0.15, 0.2) is 0 Å². The molecule has 0 fully saturated rings. The van der Waals surface area contributed by atoms with Crippen LogP contribution in [-0.4, -0.2) is 5.48 Å². The Morgan fingerprint density at radius 1 is 1.20 bits per heavy atom. The zero-order valence-corrected chi connectivity index (χ0v) is 5.04. The molecule has 5 heavy (non-hydrogen) atoms. The second-order valence-corrected chi connectivity index (χ2v) is 0. The van der Waals surface area contributed by atoms with Gasteiger partial charge in [0.05, 0.1) is 0 Å². The molecule has 0 saturated carbocycles. The van der Waals surface area contributed by atoms with E-state index in [1.807, 2.05) is 0 Å². The fourth-order valence-electron chi connectivity index (χ4n) is 0. The van der Waals surface area contributed by atoms with Gasteiger partial charge in [-0.25, -0.2) is 0 Å². The molecule has 0 amide bonds. The second-order valence-electron chi connectivity index (χ2n) is 0. The van der Waals surface area contributed by atoms with Gasteiger partial charge in [-0.2, -0.15) is 0 Å². The molecule has 0 saturated heterocycles. The predicted octanol–water partition coefficient (Wildman–Crippen LogP) is -0.951. The first-order valence-electron chi connectivity index (χ1n) is 0.136. The van der Waals surface area contributed by atoms with Crippen molar-refractivity contribution in [2.24, 2.45) is 0 Å². The topological polar surface area (TPSA) is 48.6 Å². The summed E-state index contributed by atoms with van der Waals surface area (Å²) < 4.78 is 7.94. The number of hydrogen-bond acceptors (Lipinski definition) is 1. The van der Waals surface area contributed by atoms with Crippen LogP contribution in [0.1, 0.15) is 0 Å². The summed E-state index contributed by atoms with van der Waals surface area (Å²) in [6.07, 6.45) is 0. The van der Waals surface area contributed by atoms with Gasteiger partial charge in [-0.1, -0.05) is 0 Å². The van der Waals surface area contributed by atoms with Gasteiger partial charge in [0, 0.05) is 33.6 Å². The van der Waals surface area contributed by atoms with E-state index in [0.29, 0.717) is 0 Å². The Labute approximate surface area is 58.6 Å². The Bertz CT molecular complexity index is 9.61. The van der Waals surface area contributed by atoms with Gasteiger partial charge in [0.25, 0.3) is 0 Å². The van der Waals surface area contributed by atoms with Crippen LogP contribution in [0.15, 0.2) is 0 Å². The average Bonchev–Trinajstić information content (AvgIpc) is 1.00. The first-order chi connectivity index (χ1) is 1.00. The minimum absolute atomic E-state index is 0. The summed E-state index contributed by atoms with van der Waals surface area (Å²) in [6.45, 7) is 0. The normalized spacial score (nSPS) is 1.00. The molecule has 0 aliphatic heterocycles. The Balaban J connectivity index is -0.00000000167. The summed E-state index contributed by atoms with van der Waals surface area (Å²) in [5, 5.41) is 0. The van der Waals surface area contributed by atoms with Gasteiger partial charge in [-0.3, -0.25) is 0 Å². The molecule has 0 spiro atoms. The molecule has 0 rings (SSSR count). The molecule has 5 heteroatoms. The molecule has 0 aliphatic rings. The molecule has 0 radical (unpaired) electrons. The van der Waals surface area contributed by atoms with Crippen molar-refractivity contribution in [2.45, 2.75) is 0 Å². The summed E-state index contributed by atoms with van der Waals surface area (Å²) >= 11 is 2.31. The van der Waals surface area contributed by atoms with Crippen molar-refractivity contribution in [1.29, 1.82) is 0 Å². The van der Waals surface area contributed by atoms with Crippen LogP contribution in [0, 0.1) is 0 Å².